The van der Waals surface area contributed by atoms with Crippen LogP contribution >= 0.6 is 0 Å². The summed E-state index contributed by atoms with van der Waals surface area (Å²) in [4.78, 5) is 0.294. The number of rotatable bonds is 6. The van der Waals surface area contributed by atoms with Crippen molar-refractivity contribution >= 4 is 9.84 Å². The molecule has 4 nitrogen and oxygen atoms in total. The summed E-state index contributed by atoms with van der Waals surface area (Å²) in [7, 11) is -3.57. The average molecular weight is 359 g/mol. The lowest BCUT2D eigenvalue weighted by Crippen LogP contribution is -2.27. The normalized spacial score (nSPS) is 25.8. The van der Waals surface area contributed by atoms with Gasteiger partial charge in [-0.3, -0.25) is 0 Å². The molecule has 134 valence electrons. The quantitative estimate of drug-likeness (QED) is 0.830. The maximum atomic E-state index is 13.2. The zero-order chi connectivity index (χ0) is 18.2. The van der Waals surface area contributed by atoms with E-state index in [0.717, 1.165) is 17.5 Å². The van der Waals surface area contributed by atoms with Gasteiger partial charge in [-0.25, -0.2) is 8.42 Å². The van der Waals surface area contributed by atoms with Crippen molar-refractivity contribution < 1.29 is 13.5 Å². The molecule has 0 radical (unpaired) electrons. The molecular formula is C20H25NO3S. The highest BCUT2D eigenvalue weighted by Crippen LogP contribution is 2.63. The van der Waals surface area contributed by atoms with Gasteiger partial charge in [0.2, 0.25) is 0 Å². The van der Waals surface area contributed by atoms with Crippen LogP contribution in [0.3, 0.4) is 0 Å². The molecule has 25 heavy (non-hydrogen) atoms. The van der Waals surface area contributed by atoms with Gasteiger partial charge in [0.15, 0.2) is 9.84 Å². The van der Waals surface area contributed by atoms with Crippen LogP contribution in [0.15, 0.2) is 53.4 Å². The molecule has 2 aromatic rings. The van der Waals surface area contributed by atoms with Gasteiger partial charge in [0.25, 0.3) is 0 Å². The highest BCUT2D eigenvalue weighted by atomic mass is 32.2. The molecule has 0 aliphatic heterocycles. The Morgan fingerprint density at radius 2 is 1.68 bits per heavy atom. The molecule has 1 aliphatic carbocycles. The van der Waals surface area contributed by atoms with E-state index in [4.69, 9.17) is 5.73 Å². The van der Waals surface area contributed by atoms with Gasteiger partial charge in [0.05, 0.1) is 16.8 Å². The van der Waals surface area contributed by atoms with Crippen molar-refractivity contribution in [2.45, 2.75) is 36.3 Å². The Bertz CT molecular complexity index is 838. The van der Waals surface area contributed by atoms with Gasteiger partial charge in [-0.1, -0.05) is 48.9 Å². The molecule has 0 amide bonds. The van der Waals surface area contributed by atoms with Crippen molar-refractivity contribution in [2.75, 3.05) is 13.2 Å². The topological polar surface area (TPSA) is 80.4 Å². The maximum absolute atomic E-state index is 13.2. The van der Waals surface area contributed by atoms with Crippen molar-refractivity contribution in [3.63, 3.8) is 0 Å². The smallest absolute Gasteiger partial charge is 0.182 e. The molecule has 3 rings (SSSR count). The van der Waals surface area contributed by atoms with Gasteiger partial charge in [0.1, 0.15) is 0 Å². The van der Waals surface area contributed by atoms with Crippen molar-refractivity contribution in [2.24, 2.45) is 11.1 Å². The molecule has 1 fully saturated rings. The summed E-state index contributed by atoms with van der Waals surface area (Å²) in [6.45, 7) is 3.90. The molecule has 0 spiro atoms. The van der Waals surface area contributed by atoms with E-state index in [9.17, 15) is 13.5 Å². The molecule has 0 unspecified atom stereocenters. The lowest BCUT2D eigenvalue weighted by Gasteiger charge is -2.12. The first-order chi connectivity index (χ1) is 11.9. The van der Waals surface area contributed by atoms with E-state index in [1.54, 1.807) is 24.3 Å². The summed E-state index contributed by atoms with van der Waals surface area (Å²) >= 11 is 0. The van der Waals surface area contributed by atoms with Gasteiger partial charge in [-0.05, 0) is 36.6 Å². The Kier molecular flexibility index (Phi) is 4.75. The summed E-state index contributed by atoms with van der Waals surface area (Å²) in [6.07, 6.45) is 0.929. The molecule has 2 aromatic carbocycles. The zero-order valence-electron chi connectivity index (χ0n) is 14.6. The van der Waals surface area contributed by atoms with Crippen LogP contribution in [0.25, 0.3) is 0 Å². The van der Waals surface area contributed by atoms with E-state index < -0.39 is 20.5 Å². The fourth-order valence-corrected chi connectivity index (χ4v) is 6.23. The van der Waals surface area contributed by atoms with Crippen LogP contribution in [-0.4, -0.2) is 31.9 Å². The van der Waals surface area contributed by atoms with Gasteiger partial charge in [0, 0.05) is 17.9 Å². The SMILES string of the molecule is CCc1ccc([C@H]2[C@H](S(=O)(=O)c3ccc(C)cc3)[C@@]2(CN)CO)cc1. The van der Waals surface area contributed by atoms with Crippen LogP contribution in [0.1, 0.15) is 29.5 Å². The Hall–Kier alpha value is -1.69. The summed E-state index contributed by atoms with van der Waals surface area (Å²) in [5.74, 6) is -0.278. The third kappa shape index (κ3) is 2.90. The second kappa shape index (κ2) is 6.56. The Morgan fingerprint density at radius 3 is 2.16 bits per heavy atom. The molecule has 1 aliphatic rings. The number of aryl methyl sites for hydroxylation is 2. The zero-order valence-corrected chi connectivity index (χ0v) is 15.5. The largest absolute Gasteiger partial charge is 0.396 e. The van der Waals surface area contributed by atoms with Crippen molar-refractivity contribution in [3.8, 4) is 0 Å². The lowest BCUT2D eigenvalue weighted by atomic mass is 9.99. The Labute approximate surface area is 149 Å². The Morgan fingerprint density at radius 1 is 1.08 bits per heavy atom. The number of aliphatic hydroxyl groups is 1. The number of hydrogen-bond acceptors (Lipinski definition) is 4. The predicted octanol–water partition coefficient (Wildman–Crippen LogP) is 2.43. The average Bonchev–Trinajstić information content (AvgIpc) is 3.33. The van der Waals surface area contributed by atoms with Crippen molar-refractivity contribution in [3.05, 3.63) is 65.2 Å². The molecule has 5 heteroatoms. The molecule has 0 aromatic heterocycles. The predicted molar refractivity (Wildman–Crippen MR) is 99.3 cm³/mol. The van der Waals surface area contributed by atoms with Gasteiger partial charge in [-0.2, -0.15) is 0 Å². The van der Waals surface area contributed by atoms with Crippen LogP contribution in [0.5, 0.6) is 0 Å². The number of sulfone groups is 1. The highest BCUT2D eigenvalue weighted by Gasteiger charge is 2.70. The molecule has 0 bridgehead atoms. The summed E-state index contributed by atoms with van der Waals surface area (Å²) in [5, 5.41) is 9.28. The van der Waals surface area contributed by atoms with E-state index in [1.165, 1.54) is 5.56 Å². The van der Waals surface area contributed by atoms with Crippen LogP contribution in [0, 0.1) is 12.3 Å². The van der Waals surface area contributed by atoms with Crippen LogP contribution in [0.4, 0.5) is 0 Å². The van der Waals surface area contributed by atoms with E-state index >= 15 is 0 Å². The molecule has 3 N–H and O–H groups in total. The monoisotopic (exact) mass is 359 g/mol. The minimum Gasteiger partial charge on any atom is -0.396 e. The van der Waals surface area contributed by atoms with Gasteiger partial charge < -0.3 is 10.8 Å². The summed E-state index contributed by atoms with van der Waals surface area (Å²) in [5.41, 5.74) is 8.25. The third-order valence-corrected chi connectivity index (χ3v) is 7.82. The Balaban J connectivity index is 2.02. The van der Waals surface area contributed by atoms with E-state index in [1.807, 2.05) is 31.2 Å². The second-order valence-electron chi connectivity index (χ2n) is 6.95. The first-order valence-corrected chi connectivity index (χ1v) is 10.2. The fraction of sp³-hybridized carbons (Fsp3) is 0.400. The minimum absolute atomic E-state index is 0.138. The number of hydrogen-bond donors (Lipinski definition) is 2. The van der Waals surface area contributed by atoms with Gasteiger partial charge >= 0.3 is 0 Å². The first kappa shape index (κ1) is 18.1. The number of nitrogens with two attached hydrogens (primary N) is 1. The molecule has 3 atom stereocenters. The van der Waals surface area contributed by atoms with E-state index in [2.05, 4.69) is 6.92 Å². The lowest BCUT2D eigenvalue weighted by molar-refractivity contribution is 0.212. The second-order valence-corrected chi connectivity index (χ2v) is 9.02. The summed E-state index contributed by atoms with van der Waals surface area (Å²) < 4.78 is 26.4. The van der Waals surface area contributed by atoms with E-state index in [-0.39, 0.29) is 19.1 Å². The first-order valence-electron chi connectivity index (χ1n) is 8.61. The molecule has 1 saturated carbocycles. The highest BCUT2D eigenvalue weighted by molar-refractivity contribution is 7.92. The standard InChI is InChI=1S/C20H25NO3S/c1-3-15-6-8-16(9-7-15)18-19(20(18,12-21)13-22)25(23,24)17-10-4-14(2)5-11-17/h4-11,18-19,22H,3,12-13,21H2,1-2H3/t18-,19-,20-/m0/s1. The third-order valence-electron chi connectivity index (χ3n) is 5.48. The fourth-order valence-electron chi connectivity index (χ4n) is 3.78. The van der Waals surface area contributed by atoms with Crippen molar-refractivity contribution in [1.29, 1.82) is 0 Å². The van der Waals surface area contributed by atoms with Crippen molar-refractivity contribution in [1.82, 2.24) is 0 Å². The molecule has 0 heterocycles. The number of benzene rings is 2. The van der Waals surface area contributed by atoms with Crippen LogP contribution in [0.2, 0.25) is 0 Å². The van der Waals surface area contributed by atoms with Crippen LogP contribution < -0.4 is 5.73 Å². The van der Waals surface area contributed by atoms with Gasteiger partial charge in [-0.15, -0.1) is 0 Å². The minimum atomic E-state index is -3.57. The molecule has 0 saturated heterocycles. The molecular weight excluding hydrogens is 334 g/mol. The number of aliphatic hydroxyl groups excluding tert-OH is 1. The van der Waals surface area contributed by atoms with E-state index in [0.29, 0.717) is 4.90 Å². The summed E-state index contributed by atoms with van der Waals surface area (Å²) in [6, 6.07) is 14.8. The van der Waals surface area contributed by atoms with Crippen LogP contribution in [-0.2, 0) is 16.3 Å². The maximum Gasteiger partial charge on any atom is 0.182 e.